The second-order valence-electron chi connectivity index (χ2n) is 12.0. The van der Waals surface area contributed by atoms with E-state index in [2.05, 4.69) is 14.8 Å². The lowest BCUT2D eigenvalue weighted by Gasteiger charge is -2.41. The van der Waals surface area contributed by atoms with Crippen LogP contribution in [0.2, 0.25) is 0 Å². The van der Waals surface area contributed by atoms with Crippen LogP contribution < -0.4 is 9.80 Å². The number of pyridine rings is 1. The topological polar surface area (TPSA) is 65.9 Å². The van der Waals surface area contributed by atoms with Crippen molar-refractivity contribution in [3.05, 3.63) is 77.0 Å². The van der Waals surface area contributed by atoms with E-state index in [4.69, 9.17) is 5.26 Å². The fourth-order valence-electron chi connectivity index (χ4n) is 5.38. The number of hydrogen-bond donors (Lipinski definition) is 1. The number of rotatable bonds is 7. The summed E-state index contributed by atoms with van der Waals surface area (Å²) in [6.45, 7) is 7.21. The van der Waals surface area contributed by atoms with Crippen molar-refractivity contribution in [3.8, 4) is 11.1 Å². The number of piperazine rings is 1. The van der Waals surface area contributed by atoms with Crippen molar-refractivity contribution in [1.82, 2.24) is 4.98 Å². The summed E-state index contributed by atoms with van der Waals surface area (Å²) in [4.78, 5) is 26.2. The van der Waals surface area contributed by atoms with E-state index in [9.17, 15) is 31.1 Å². The van der Waals surface area contributed by atoms with Crippen molar-refractivity contribution in [3.63, 3.8) is 0 Å². The molecule has 13 heteroatoms. The predicted molar refractivity (Wildman–Crippen MR) is 154 cm³/mol. The molecule has 0 unspecified atom stereocenters. The molecule has 0 saturated carbocycles. The number of likely N-dealkylation sites (N-methyl/N-ethyl adjacent to an activating group) is 2. The quantitative estimate of drug-likeness (QED) is 0.136. The molecule has 238 valence electrons. The molecule has 1 fully saturated rings. The van der Waals surface area contributed by atoms with Gasteiger partial charge < -0.3 is 9.80 Å². The van der Waals surface area contributed by atoms with Gasteiger partial charge in [0.05, 0.1) is 61.7 Å². The van der Waals surface area contributed by atoms with Gasteiger partial charge in [0, 0.05) is 12.6 Å². The van der Waals surface area contributed by atoms with Crippen LogP contribution in [0.3, 0.4) is 0 Å². The molecule has 2 aromatic carbocycles. The molecule has 7 nitrogen and oxygen atoms in total. The largest absolute Gasteiger partial charge is 0.416 e. The smallest absolute Gasteiger partial charge is 0.345 e. The molecule has 1 amide bonds. The van der Waals surface area contributed by atoms with Crippen molar-refractivity contribution in [1.29, 1.82) is 0 Å². The van der Waals surface area contributed by atoms with Gasteiger partial charge in [0.15, 0.2) is 0 Å². The van der Waals surface area contributed by atoms with Crippen LogP contribution in [0.1, 0.15) is 36.1 Å². The Hall–Kier alpha value is -3.68. The van der Waals surface area contributed by atoms with Crippen molar-refractivity contribution >= 4 is 17.4 Å². The van der Waals surface area contributed by atoms with Crippen molar-refractivity contribution < 1.29 is 45.8 Å². The average molecular weight is 626 g/mol. The molecule has 3 aromatic rings. The third-order valence-corrected chi connectivity index (χ3v) is 8.33. The number of quaternary nitrogens is 1. The van der Waals surface area contributed by atoms with Gasteiger partial charge in [-0.25, -0.2) is 10.2 Å². The molecule has 4 rings (SSSR count). The van der Waals surface area contributed by atoms with Crippen molar-refractivity contribution in [2.75, 3.05) is 56.8 Å². The second kappa shape index (κ2) is 12.0. The minimum absolute atomic E-state index is 0.0472. The van der Waals surface area contributed by atoms with E-state index in [0.717, 1.165) is 11.1 Å². The first-order valence-corrected chi connectivity index (χ1v) is 13.9. The van der Waals surface area contributed by atoms with Crippen LogP contribution in [0.15, 0.2) is 54.7 Å². The number of hydrogen-bond acceptors (Lipinski definition) is 5. The number of halogens is 6. The summed E-state index contributed by atoms with van der Waals surface area (Å²) in [5.74, 6) is -0.0830. The fourth-order valence-corrected chi connectivity index (χ4v) is 5.38. The summed E-state index contributed by atoms with van der Waals surface area (Å²) in [5, 5.41) is 8.94. The number of nitrogens with zero attached hydrogens (tertiary/aromatic N) is 4. The van der Waals surface area contributed by atoms with Crippen LogP contribution in [0.4, 0.5) is 37.8 Å². The van der Waals surface area contributed by atoms with Crippen molar-refractivity contribution in [2.45, 2.75) is 38.5 Å². The van der Waals surface area contributed by atoms with Gasteiger partial charge in [0.25, 0.3) is 0 Å². The molecular formula is C31H35F6N4O3+. The van der Waals surface area contributed by atoms with Crippen molar-refractivity contribution in [2.24, 2.45) is 0 Å². The van der Waals surface area contributed by atoms with Crippen LogP contribution >= 0.6 is 0 Å². The number of aromatic nitrogens is 1. The number of carbonyl (C=O) groups excluding carboxylic acids is 1. The van der Waals surface area contributed by atoms with Crippen LogP contribution in [-0.2, 0) is 27.4 Å². The second-order valence-corrected chi connectivity index (χ2v) is 12.0. The molecule has 1 N–H and O–H groups in total. The number of carbonyl (C=O) groups is 1. The van der Waals surface area contributed by atoms with Crippen LogP contribution in [0.5, 0.6) is 0 Å². The monoisotopic (exact) mass is 625 g/mol. The molecule has 1 aromatic heterocycles. The summed E-state index contributed by atoms with van der Waals surface area (Å²) in [6.07, 6.45) is -8.60. The van der Waals surface area contributed by atoms with Gasteiger partial charge in [-0.05, 0) is 61.7 Å². The number of benzene rings is 2. The molecule has 44 heavy (non-hydrogen) atoms. The maximum Gasteiger partial charge on any atom is 0.416 e. The minimum Gasteiger partial charge on any atom is -0.345 e. The zero-order chi connectivity index (χ0) is 32.7. The van der Waals surface area contributed by atoms with E-state index in [0.29, 0.717) is 59.9 Å². The van der Waals surface area contributed by atoms with Crippen LogP contribution in [0, 0.1) is 6.92 Å². The van der Waals surface area contributed by atoms with E-state index in [1.807, 2.05) is 44.3 Å². The fraction of sp³-hybridized carbons (Fsp3) is 0.419. The van der Waals surface area contributed by atoms with Crippen LogP contribution in [0.25, 0.3) is 11.1 Å². The summed E-state index contributed by atoms with van der Waals surface area (Å²) >= 11 is 0. The molecular weight excluding hydrogens is 590 g/mol. The van der Waals surface area contributed by atoms with Gasteiger partial charge in [0.1, 0.15) is 5.82 Å². The normalized spacial score (nSPS) is 15.8. The highest BCUT2D eigenvalue weighted by Gasteiger charge is 2.41. The number of alkyl halides is 6. The number of aryl methyl sites for hydroxylation is 1. The van der Waals surface area contributed by atoms with E-state index in [-0.39, 0.29) is 12.8 Å². The highest BCUT2D eigenvalue weighted by Crippen LogP contribution is 2.41. The molecule has 1 saturated heterocycles. The third kappa shape index (κ3) is 6.84. The standard InChI is InChI=1S/C31H34F6N4O3/c1-20-8-6-7-9-24(20)25-17-27(40-10-12-41(5,13-11-40)19-44-43)38-18-26(25)39(4)28(42)29(2,3)21-14-22(30(32,33)34)16-23(15-21)31(35,36)37/h6-9,14-18H,10-13,19H2,1-5H3/p+1. The van der Waals surface area contributed by atoms with Gasteiger partial charge in [-0.1, -0.05) is 24.3 Å². The lowest BCUT2D eigenvalue weighted by Crippen LogP contribution is -2.58. The Balaban J connectivity index is 1.76. The zero-order valence-corrected chi connectivity index (χ0v) is 25.1. The van der Waals surface area contributed by atoms with Crippen LogP contribution in [-0.4, -0.2) is 67.6 Å². The Labute approximate surface area is 251 Å². The number of amides is 1. The molecule has 0 spiro atoms. The molecule has 2 heterocycles. The summed E-state index contributed by atoms with van der Waals surface area (Å²) in [5.41, 5.74) is -2.52. The Bertz CT molecular complexity index is 1480. The Morgan fingerprint density at radius 2 is 1.50 bits per heavy atom. The molecule has 1 aliphatic heterocycles. The molecule has 1 aliphatic rings. The Kier molecular flexibility index (Phi) is 9.07. The lowest BCUT2D eigenvalue weighted by molar-refractivity contribution is -0.936. The van der Waals surface area contributed by atoms with Gasteiger partial charge >= 0.3 is 12.4 Å². The summed E-state index contributed by atoms with van der Waals surface area (Å²) < 4.78 is 82.1. The first kappa shape index (κ1) is 33.2. The Morgan fingerprint density at radius 3 is 2.02 bits per heavy atom. The minimum atomic E-state index is -5.05. The maximum atomic E-state index is 14.0. The van der Waals surface area contributed by atoms with E-state index < -0.39 is 40.4 Å². The van der Waals surface area contributed by atoms with E-state index >= 15 is 0 Å². The van der Waals surface area contributed by atoms with Gasteiger partial charge in [-0.2, -0.15) is 31.2 Å². The first-order valence-electron chi connectivity index (χ1n) is 13.9. The molecule has 0 aliphatic carbocycles. The predicted octanol–water partition coefficient (Wildman–Crippen LogP) is 6.75. The average Bonchev–Trinajstić information content (AvgIpc) is 2.95. The zero-order valence-electron chi connectivity index (χ0n) is 25.1. The van der Waals surface area contributed by atoms with Gasteiger partial charge in [0.2, 0.25) is 12.6 Å². The molecule has 0 radical (unpaired) electrons. The molecule has 0 atom stereocenters. The lowest BCUT2D eigenvalue weighted by atomic mass is 9.81. The maximum absolute atomic E-state index is 14.0. The number of anilines is 2. The Morgan fingerprint density at radius 1 is 0.955 bits per heavy atom. The molecule has 0 bridgehead atoms. The van der Waals surface area contributed by atoms with E-state index in [1.54, 1.807) is 0 Å². The SMILES string of the molecule is Cc1ccccc1-c1cc(N2CC[N+](C)(COO)CC2)ncc1N(C)C(=O)C(C)(C)c1cc(C(F)(F)F)cc(C(F)(F)F)c1. The summed E-state index contributed by atoms with van der Waals surface area (Å²) in [7, 11) is 3.40. The van der Waals surface area contributed by atoms with E-state index in [1.165, 1.54) is 32.0 Å². The highest BCUT2D eigenvalue weighted by molar-refractivity contribution is 6.03. The summed E-state index contributed by atoms with van der Waals surface area (Å²) in [6, 6.07) is 10.5. The van der Waals surface area contributed by atoms with Gasteiger partial charge in [-0.3, -0.25) is 9.28 Å². The first-order chi connectivity index (χ1) is 20.4. The highest BCUT2D eigenvalue weighted by atomic mass is 19.4. The van der Waals surface area contributed by atoms with Gasteiger partial charge in [-0.15, -0.1) is 0 Å². The third-order valence-electron chi connectivity index (χ3n) is 8.33.